The number of imide groups is 1. The smallest absolute Gasteiger partial charge is 0.322 e. The van der Waals surface area contributed by atoms with Gasteiger partial charge in [0.15, 0.2) is 9.84 Å². The lowest BCUT2D eigenvalue weighted by atomic mass is 10.1. The van der Waals surface area contributed by atoms with Gasteiger partial charge in [-0.2, -0.15) is 0 Å². The highest BCUT2D eigenvalue weighted by atomic mass is 32.2. The van der Waals surface area contributed by atoms with Crippen LogP contribution < -0.4 is 10.2 Å². The molecule has 3 amide bonds. The molecule has 1 aliphatic rings. The molecule has 2 aromatic carbocycles. The predicted octanol–water partition coefficient (Wildman–Crippen LogP) is 1.97. The third-order valence-electron chi connectivity index (χ3n) is 4.83. The van der Waals surface area contributed by atoms with E-state index in [9.17, 15) is 22.8 Å². The molecule has 10 nitrogen and oxygen atoms in total. The van der Waals surface area contributed by atoms with Crippen LogP contribution in [0.2, 0.25) is 0 Å². The molecule has 1 N–H and O–H groups in total. The Balaban J connectivity index is 1.39. The summed E-state index contributed by atoms with van der Waals surface area (Å²) in [6.07, 6.45) is 1.76. The van der Waals surface area contributed by atoms with Crippen LogP contribution in [0, 0.1) is 0 Å². The number of benzene rings is 2. The molecule has 0 aliphatic carbocycles. The SMILES string of the molecule is CS(=O)(=O)c1ccc(Cc2nnc(NC(=O)c3ccc(N4C(=O)CCC4=O)cc3)o2)cc1. The minimum atomic E-state index is -3.28. The van der Waals surface area contributed by atoms with E-state index < -0.39 is 15.7 Å². The van der Waals surface area contributed by atoms with Gasteiger partial charge in [-0.25, -0.2) is 8.42 Å². The van der Waals surface area contributed by atoms with E-state index in [0.717, 1.165) is 16.7 Å². The minimum absolute atomic E-state index is 0.0910. The van der Waals surface area contributed by atoms with Gasteiger partial charge in [-0.3, -0.25) is 24.6 Å². The van der Waals surface area contributed by atoms with Gasteiger partial charge >= 0.3 is 6.01 Å². The molecule has 164 valence electrons. The van der Waals surface area contributed by atoms with E-state index in [1.54, 1.807) is 12.1 Å². The number of carbonyl (C=O) groups excluding carboxylic acids is 3. The lowest BCUT2D eigenvalue weighted by Gasteiger charge is -2.13. The molecule has 1 saturated heterocycles. The maximum atomic E-state index is 12.4. The fraction of sp³-hybridized carbons (Fsp3) is 0.190. The van der Waals surface area contributed by atoms with E-state index in [2.05, 4.69) is 15.5 Å². The normalized spacial score (nSPS) is 14.1. The van der Waals surface area contributed by atoms with Crippen LogP contribution in [-0.2, 0) is 25.8 Å². The van der Waals surface area contributed by atoms with Crippen LogP contribution in [0.5, 0.6) is 0 Å². The number of amides is 3. The largest absolute Gasteiger partial charge is 0.407 e. The standard InChI is InChI=1S/C21H18N4O6S/c1-32(29,30)16-8-2-13(3-9-16)12-17-23-24-21(31-17)22-20(28)14-4-6-15(7-5-14)25-18(26)10-11-19(25)27/h2-9H,10-12H2,1H3,(H,22,24,28). The fourth-order valence-corrected chi connectivity index (χ4v) is 3.83. The molecule has 3 aromatic rings. The third kappa shape index (κ3) is 4.57. The molecule has 0 saturated carbocycles. The zero-order valence-corrected chi connectivity index (χ0v) is 17.8. The first kappa shape index (κ1) is 21.4. The van der Waals surface area contributed by atoms with Crippen LogP contribution in [0.3, 0.4) is 0 Å². The van der Waals surface area contributed by atoms with Crippen molar-refractivity contribution in [1.82, 2.24) is 10.2 Å². The van der Waals surface area contributed by atoms with Gasteiger partial charge in [-0.15, -0.1) is 5.10 Å². The molecule has 0 spiro atoms. The van der Waals surface area contributed by atoms with Crippen LogP contribution in [0.15, 0.2) is 57.8 Å². The first-order valence-electron chi connectivity index (χ1n) is 9.59. The zero-order valence-electron chi connectivity index (χ0n) is 16.9. The van der Waals surface area contributed by atoms with Crippen molar-refractivity contribution in [3.63, 3.8) is 0 Å². The van der Waals surface area contributed by atoms with E-state index in [4.69, 9.17) is 4.42 Å². The number of anilines is 2. The van der Waals surface area contributed by atoms with Gasteiger partial charge in [0, 0.05) is 24.7 Å². The highest BCUT2D eigenvalue weighted by Crippen LogP contribution is 2.23. The van der Waals surface area contributed by atoms with Crippen LogP contribution in [0.1, 0.15) is 34.7 Å². The number of rotatable bonds is 6. The average Bonchev–Trinajstić information content (AvgIpc) is 3.33. The van der Waals surface area contributed by atoms with E-state index in [1.807, 2.05) is 0 Å². The molecule has 1 fully saturated rings. The van der Waals surface area contributed by atoms with Gasteiger partial charge in [0.1, 0.15) is 0 Å². The maximum Gasteiger partial charge on any atom is 0.322 e. The van der Waals surface area contributed by atoms with E-state index >= 15 is 0 Å². The van der Waals surface area contributed by atoms with Gasteiger partial charge in [-0.1, -0.05) is 17.2 Å². The van der Waals surface area contributed by atoms with E-state index in [1.165, 1.54) is 36.4 Å². The maximum absolute atomic E-state index is 12.4. The second kappa shape index (κ2) is 8.35. The van der Waals surface area contributed by atoms with Crippen molar-refractivity contribution < 1.29 is 27.2 Å². The van der Waals surface area contributed by atoms with Gasteiger partial charge in [0.05, 0.1) is 17.0 Å². The number of sulfone groups is 1. The summed E-state index contributed by atoms with van der Waals surface area (Å²) >= 11 is 0. The number of carbonyl (C=O) groups is 3. The Morgan fingerprint density at radius 1 is 1.00 bits per heavy atom. The minimum Gasteiger partial charge on any atom is -0.407 e. The third-order valence-corrected chi connectivity index (χ3v) is 5.96. The Labute approximate surface area is 183 Å². The second-order valence-electron chi connectivity index (χ2n) is 7.22. The summed E-state index contributed by atoms with van der Waals surface area (Å²) in [5.74, 6) is -0.787. The van der Waals surface area contributed by atoms with Crippen LogP contribution in [-0.4, -0.2) is 42.6 Å². The lowest BCUT2D eigenvalue weighted by molar-refractivity contribution is -0.121. The predicted molar refractivity (Wildman–Crippen MR) is 113 cm³/mol. The summed E-state index contributed by atoms with van der Waals surface area (Å²) in [4.78, 5) is 37.4. The Kier molecular flexibility index (Phi) is 5.57. The topological polar surface area (TPSA) is 140 Å². The van der Waals surface area contributed by atoms with Crippen molar-refractivity contribution in [2.45, 2.75) is 24.2 Å². The second-order valence-corrected chi connectivity index (χ2v) is 9.23. The monoisotopic (exact) mass is 454 g/mol. The first-order chi connectivity index (χ1) is 15.2. The van der Waals surface area contributed by atoms with E-state index in [-0.39, 0.29) is 53.4 Å². The summed E-state index contributed by atoms with van der Waals surface area (Å²) in [7, 11) is -3.28. The zero-order chi connectivity index (χ0) is 22.9. The van der Waals surface area contributed by atoms with Crippen LogP contribution >= 0.6 is 0 Å². The van der Waals surface area contributed by atoms with Crippen molar-refractivity contribution in [2.24, 2.45) is 0 Å². The van der Waals surface area contributed by atoms with Crippen molar-refractivity contribution >= 4 is 39.3 Å². The Morgan fingerprint density at radius 3 is 2.22 bits per heavy atom. The quantitative estimate of drug-likeness (QED) is 0.558. The summed E-state index contributed by atoms with van der Waals surface area (Å²) in [5, 5.41) is 10.2. The molecule has 2 heterocycles. The van der Waals surface area contributed by atoms with Gasteiger partial charge in [-0.05, 0) is 42.0 Å². The highest BCUT2D eigenvalue weighted by molar-refractivity contribution is 7.90. The van der Waals surface area contributed by atoms with Crippen molar-refractivity contribution in [3.8, 4) is 0 Å². The number of hydrogen-bond acceptors (Lipinski definition) is 8. The molecule has 0 unspecified atom stereocenters. The van der Waals surface area contributed by atoms with Gasteiger partial charge in [0.25, 0.3) is 5.91 Å². The Bertz CT molecular complexity index is 1280. The molecule has 4 rings (SSSR count). The summed E-state index contributed by atoms with van der Waals surface area (Å²) in [5.41, 5.74) is 1.46. The van der Waals surface area contributed by atoms with Crippen molar-refractivity contribution in [2.75, 3.05) is 16.5 Å². The molecule has 0 bridgehead atoms. The van der Waals surface area contributed by atoms with Crippen LogP contribution in [0.4, 0.5) is 11.7 Å². The highest BCUT2D eigenvalue weighted by Gasteiger charge is 2.30. The number of nitrogens with zero attached hydrogens (tertiary/aromatic N) is 3. The summed E-state index contributed by atoms with van der Waals surface area (Å²) in [6, 6.07) is 12.2. The molecule has 1 aromatic heterocycles. The molecule has 32 heavy (non-hydrogen) atoms. The molecular weight excluding hydrogens is 436 g/mol. The summed E-state index contributed by atoms with van der Waals surface area (Å²) in [6.45, 7) is 0. The Hall–Kier alpha value is -3.86. The Morgan fingerprint density at radius 2 is 1.62 bits per heavy atom. The van der Waals surface area contributed by atoms with Crippen molar-refractivity contribution in [1.29, 1.82) is 0 Å². The van der Waals surface area contributed by atoms with Gasteiger partial charge in [0.2, 0.25) is 17.7 Å². The van der Waals surface area contributed by atoms with E-state index in [0.29, 0.717) is 5.69 Å². The molecule has 11 heteroatoms. The summed E-state index contributed by atoms with van der Waals surface area (Å²) < 4.78 is 28.5. The van der Waals surface area contributed by atoms with Crippen molar-refractivity contribution in [3.05, 3.63) is 65.5 Å². The first-order valence-corrected chi connectivity index (χ1v) is 11.5. The number of hydrogen-bond donors (Lipinski definition) is 1. The lowest BCUT2D eigenvalue weighted by Crippen LogP contribution is -2.28. The molecule has 0 radical (unpaired) electrons. The van der Waals surface area contributed by atoms with Gasteiger partial charge < -0.3 is 4.42 Å². The molecular formula is C21H18N4O6S. The van der Waals surface area contributed by atoms with Crippen LogP contribution in [0.25, 0.3) is 0 Å². The number of nitrogens with one attached hydrogen (secondary N) is 1. The fourth-order valence-electron chi connectivity index (χ4n) is 3.20. The molecule has 1 aliphatic heterocycles. The number of aromatic nitrogens is 2. The molecule has 0 atom stereocenters. The average molecular weight is 454 g/mol.